The van der Waals surface area contributed by atoms with Crippen molar-refractivity contribution in [2.75, 3.05) is 0 Å². The molecule has 7 nitrogen and oxygen atoms in total. The minimum Gasteiger partial charge on any atom is -0.441 e. The molecular weight excluding hydrogens is 423 g/mol. The summed E-state index contributed by atoms with van der Waals surface area (Å²) in [4.78, 5) is 30.0. The molecule has 3 aromatic rings. The molecule has 8 heteroatoms. The van der Waals surface area contributed by atoms with Crippen molar-refractivity contribution in [2.24, 2.45) is 0 Å². The van der Waals surface area contributed by atoms with Crippen LogP contribution in [0.3, 0.4) is 0 Å². The van der Waals surface area contributed by atoms with Gasteiger partial charge in [0.25, 0.3) is 0 Å². The van der Waals surface area contributed by atoms with Crippen LogP contribution >= 0.6 is 0 Å². The number of ether oxygens (including phenoxy) is 1. The van der Waals surface area contributed by atoms with Gasteiger partial charge < -0.3 is 14.7 Å². The second kappa shape index (κ2) is 9.10. The number of carbonyl (C=O) groups excluding carboxylic acids is 1. The predicted octanol–water partition coefficient (Wildman–Crippen LogP) is 5.16. The normalized spacial score (nSPS) is 20.1. The van der Waals surface area contributed by atoms with Crippen LogP contribution in [-0.4, -0.2) is 32.6 Å². The van der Waals surface area contributed by atoms with Crippen LogP contribution in [0.15, 0.2) is 47.3 Å². The molecule has 172 valence electrons. The summed E-state index contributed by atoms with van der Waals surface area (Å²) in [6.45, 7) is 4.04. The lowest BCUT2D eigenvalue weighted by Crippen LogP contribution is -2.41. The summed E-state index contributed by atoms with van der Waals surface area (Å²) < 4.78 is 18.6. The third-order valence-corrected chi connectivity index (χ3v) is 6.31. The number of cyclic esters (lactones) is 1. The molecule has 1 aliphatic heterocycles. The van der Waals surface area contributed by atoms with E-state index >= 15 is 0 Å². The number of fused-ring (bicyclic) bond motifs is 1. The van der Waals surface area contributed by atoms with Gasteiger partial charge in [0.1, 0.15) is 17.5 Å². The molecule has 1 saturated heterocycles. The summed E-state index contributed by atoms with van der Waals surface area (Å²) in [6, 6.07) is 14.7. The second-order valence-electron chi connectivity index (χ2n) is 9.05. The summed E-state index contributed by atoms with van der Waals surface area (Å²) in [7, 11) is 0. The number of aromatic nitrogens is 2. The number of amides is 1. The van der Waals surface area contributed by atoms with Crippen molar-refractivity contribution < 1.29 is 13.9 Å². The molecule has 1 amide bonds. The molecule has 0 radical (unpaired) electrons. The van der Waals surface area contributed by atoms with Gasteiger partial charge in [0.2, 0.25) is 0 Å². The van der Waals surface area contributed by atoms with Gasteiger partial charge in [-0.1, -0.05) is 49.6 Å². The van der Waals surface area contributed by atoms with E-state index < -0.39 is 17.1 Å². The van der Waals surface area contributed by atoms with Gasteiger partial charge in [-0.2, -0.15) is 5.26 Å². The number of rotatable bonds is 2. The van der Waals surface area contributed by atoms with E-state index in [2.05, 4.69) is 22.1 Å². The molecule has 2 N–H and O–H groups in total. The van der Waals surface area contributed by atoms with Crippen LogP contribution in [0.2, 0.25) is 0 Å². The van der Waals surface area contributed by atoms with Gasteiger partial charge in [-0.3, -0.25) is 4.90 Å². The number of H-pyrrole nitrogens is 2. The van der Waals surface area contributed by atoms with E-state index in [1.165, 1.54) is 30.9 Å². The standard InChI is InChI=1S/C17H23NO2.C8H4FN3O/c1-17(2)15(13-9-5-3-6-10-13)18(16(19)20-17)14-11-7-4-8-12-14;9-5-2-7-6(1-4(5)3-10)11-8(13)12-7/h3,5-6,9-10,14-15H,4,7-8,11-12H2,1-2H3;1-2H,(H2,11,12,13). The number of nitrogens with one attached hydrogen (secondary N) is 2. The van der Waals surface area contributed by atoms with Crippen LogP contribution in [0.4, 0.5) is 9.18 Å². The van der Waals surface area contributed by atoms with Crippen LogP contribution in [0.25, 0.3) is 11.0 Å². The Kier molecular flexibility index (Phi) is 6.23. The lowest BCUT2D eigenvalue weighted by molar-refractivity contribution is 0.0665. The fourth-order valence-electron chi connectivity index (χ4n) is 4.83. The average molecular weight is 451 g/mol. The van der Waals surface area contributed by atoms with Crippen molar-refractivity contribution in [3.63, 3.8) is 0 Å². The highest BCUT2D eigenvalue weighted by Crippen LogP contribution is 2.44. The Labute approximate surface area is 191 Å². The third-order valence-electron chi connectivity index (χ3n) is 6.31. The Hall–Kier alpha value is -3.60. The molecular formula is C25H27FN4O3. The number of aromatic amines is 2. The van der Waals surface area contributed by atoms with Gasteiger partial charge in [0, 0.05) is 12.1 Å². The van der Waals surface area contributed by atoms with E-state index in [1.54, 1.807) is 6.07 Å². The second-order valence-corrected chi connectivity index (χ2v) is 9.05. The number of hydrogen-bond donors (Lipinski definition) is 2. The highest BCUT2D eigenvalue weighted by Gasteiger charge is 2.50. The molecule has 2 heterocycles. The monoisotopic (exact) mass is 450 g/mol. The number of imidazole rings is 1. The highest BCUT2D eigenvalue weighted by atomic mass is 19.1. The molecule has 0 bridgehead atoms. The maximum atomic E-state index is 13.0. The lowest BCUT2D eigenvalue weighted by Gasteiger charge is -2.36. The van der Waals surface area contributed by atoms with Gasteiger partial charge in [0.05, 0.1) is 22.6 Å². The van der Waals surface area contributed by atoms with Crippen LogP contribution in [0, 0.1) is 17.1 Å². The number of benzene rings is 2. The highest BCUT2D eigenvalue weighted by molar-refractivity contribution is 5.76. The van der Waals surface area contributed by atoms with Gasteiger partial charge in [-0.25, -0.2) is 14.0 Å². The predicted molar refractivity (Wildman–Crippen MR) is 122 cm³/mol. The van der Waals surface area contributed by atoms with Crippen molar-refractivity contribution in [3.05, 3.63) is 69.9 Å². The topological polar surface area (TPSA) is 102 Å². The maximum absolute atomic E-state index is 13.0. The summed E-state index contributed by atoms with van der Waals surface area (Å²) >= 11 is 0. The Morgan fingerprint density at radius 2 is 1.70 bits per heavy atom. The molecule has 2 aromatic carbocycles. The quantitative estimate of drug-likeness (QED) is 0.563. The van der Waals surface area contributed by atoms with Gasteiger partial charge in [-0.05, 0) is 38.3 Å². The van der Waals surface area contributed by atoms with Crippen molar-refractivity contribution in [1.82, 2.24) is 14.9 Å². The molecule has 2 aliphatic rings. The number of hydrogen-bond acceptors (Lipinski definition) is 4. The molecule has 1 saturated carbocycles. The fraction of sp³-hybridized carbons (Fsp3) is 0.400. The van der Waals surface area contributed by atoms with Crippen molar-refractivity contribution in [1.29, 1.82) is 5.26 Å². The van der Waals surface area contributed by atoms with Gasteiger partial charge in [-0.15, -0.1) is 0 Å². The van der Waals surface area contributed by atoms with E-state index in [-0.39, 0.29) is 17.7 Å². The van der Waals surface area contributed by atoms with Crippen LogP contribution < -0.4 is 5.69 Å². The first-order chi connectivity index (χ1) is 15.8. The Morgan fingerprint density at radius 3 is 2.33 bits per heavy atom. The van der Waals surface area contributed by atoms with Crippen LogP contribution in [-0.2, 0) is 4.74 Å². The zero-order chi connectivity index (χ0) is 23.6. The summed E-state index contributed by atoms with van der Waals surface area (Å²) in [5, 5.41) is 8.49. The molecule has 0 spiro atoms. The first-order valence-electron chi connectivity index (χ1n) is 11.2. The zero-order valence-electron chi connectivity index (χ0n) is 18.7. The minimum absolute atomic E-state index is 0.0271. The van der Waals surface area contributed by atoms with Crippen LogP contribution in [0.5, 0.6) is 0 Å². The van der Waals surface area contributed by atoms with Gasteiger partial charge in [0.15, 0.2) is 0 Å². The summed E-state index contributed by atoms with van der Waals surface area (Å²) in [6.07, 6.45) is 5.80. The van der Waals surface area contributed by atoms with Crippen molar-refractivity contribution >= 4 is 17.1 Å². The Bertz CT molecular complexity index is 1240. The SMILES string of the molecule is CC1(C)OC(=O)N(C2CCCCC2)C1c1ccccc1.N#Cc1cc2[nH]c(=O)[nH]c2cc1F. The van der Waals surface area contributed by atoms with Crippen molar-refractivity contribution in [2.45, 2.75) is 63.6 Å². The Balaban J connectivity index is 0.000000172. The molecule has 1 unspecified atom stereocenters. The number of nitriles is 1. The zero-order valence-corrected chi connectivity index (χ0v) is 18.7. The Morgan fingerprint density at radius 1 is 1.06 bits per heavy atom. The first kappa shape index (κ1) is 22.6. The largest absolute Gasteiger partial charge is 0.441 e. The van der Waals surface area contributed by atoms with E-state index in [0.29, 0.717) is 17.1 Å². The average Bonchev–Trinajstić information content (AvgIpc) is 3.28. The molecule has 2 fully saturated rings. The summed E-state index contributed by atoms with van der Waals surface area (Å²) in [5.41, 5.74) is 1.02. The third kappa shape index (κ3) is 4.63. The van der Waals surface area contributed by atoms with E-state index in [9.17, 15) is 14.0 Å². The number of carbonyl (C=O) groups is 1. The van der Waals surface area contributed by atoms with Crippen molar-refractivity contribution in [3.8, 4) is 6.07 Å². The minimum atomic E-state index is -0.634. The molecule has 1 aromatic heterocycles. The number of nitrogens with zero attached hydrogens (tertiary/aromatic N) is 2. The fourth-order valence-corrected chi connectivity index (χ4v) is 4.83. The number of halogens is 1. The van der Waals surface area contributed by atoms with E-state index in [1.807, 2.05) is 36.9 Å². The molecule has 33 heavy (non-hydrogen) atoms. The van der Waals surface area contributed by atoms with E-state index in [4.69, 9.17) is 10.00 Å². The molecule has 1 aliphatic carbocycles. The maximum Gasteiger partial charge on any atom is 0.411 e. The lowest BCUT2D eigenvalue weighted by atomic mass is 9.87. The first-order valence-corrected chi connectivity index (χ1v) is 11.2. The smallest absolute Gasteiger partial charge is 0.411 e. The van der Waals surface area contributed by atoms with E-state index in [0.717, 1.165) is 18.9 Å². The van der Waals surface area contributed by atoms with Crippen LogP contribution in [0.1, 0.15) is 63.1 Å². The molecule has 1 atom stereocenters. The van der Waals surface area contributed by atoms with Gasteiger partial charge >= 0.3 is 11.8 Å². The molecule has 5 rings (SSSR count). The summed E-state index contributed by atoms with van der Waals surface area (Å²) in [5.74, 6) is -0.634.